The molecule has 1 N–H and O–H groups in total. The van der Waals surface area contributed by atoms with E-state index in [0.717, 1.165) is 22.5 Å². The van der Waals surface area contributed by atoms with Crippen molar-refractivity contribution in [1.82, 2.24) is 10.2 Å². The summed E-state index contributed by atoms with van der Waals surface area (Å²) in [7, 11) is -2.37. The summed E-state index contributed by atoms with van der Waals surface area (Å²) in [5, 5.41) is 2.96. The van der Waals surface area contributed by atoms with Gasteiger partial charge in [-0.25, -0.2) is 8.42 Å². The number of para-hydroxylation sites is 2. The van der Waals surface area contributed by atoms with Crippen LogP contribution in [0.5, 0.6) is 5.75 Å². The van der Waals surface area contributed by atoms with Gasteiger partial charge in [-0.2, -0.15) is 0 Å². The van der Waals surface area contributed by atoms with Crippen molar-refractivity contribution in [2.45, 2.75) is 52.1 Å². The SMILES string of the molecule is CC[C@@H](C)NC(=O)[C@@H](CC)N(CCc1ccccc1)C(=O)CN(c1ccccc1OC)S(C)(=O)=O. The Morgan fingerprint density at radius 1 is 1.00 bits per heavy atom. The minimum absolute atomic E-state index is 0.0382. The molecule has 0 unspecified atom stereocenters. The van der Waals surface area contributed by atoms with Crippen LogP contribution in [0.4, 0.5) is 5.69 Å². The lowest BCUT2D eigenvalue weighted by Gasteiger charge is -2.33. The first kappa shape index (κ1) is 28.2. The number of methoxy groups -OCH3 is 1. The zero-order chi connectivity index (χ0) is 26.0. The number of amides is 2. The fourth-order valence-corrected chi connectivity index (χ4v) is 4.62. The molecular weight excluding hydrogens is 466 g/mol. The van der Waals surface area contributed by atoms with E-state index in [4.69, 9.17) is 4.74 Å². The molecule has 0 aliphatic carbocycles. The molecule has 0 aromatic heterocycles. The molecule has 2 aromatic carbocycles. The smallest absolute Gasteiger partial charge is 0.244 e. The molecule has 0 spiro atoms. The minimum Gasteiger partial charge on any atom is -0.495 e. The fourth-order valence-electron chi connectivity index (χ4n) is 3.77. The van der Waals surface area contributed by atoms with Crippen LogP contribution in [0.1, 0.15) is 39.2 Å². The molecule has 0 heterocycles. The van der Waals surface area contributed by atoms with E-state index in [0.29, 0.717) is 18.6 Å². The predicted octanol–water partition coefficient (Wildman–Crippen LogP) is 3.23. The first-order valence-corrected chi connectivity index (χ1v) is 13.7. The van der Waals surface area contributed by atoms with Crippen molar-refractivity contribution in [1.29, 1.82) is 0 Å². The molecular formula is C26H37N3O5S. The number of ether oxygens (including phenoxy) is 1. The molecule has 9 heteroatoms. The molecule has 2 amide bonds. The van der Waals surface area contributed by atoms with Crippen molar-refractivity contribution in [3.63, 3.8) is 0 Å². The molecule has 2 atom stereocenters. The Morgan fingerprint density at radius 2 is 1.63 bits per heavy atom. The Balaban J connectivity index is 2.40. The molecule has 0 radical (unpaired) electrons. The quantitative estimate of drug-likeness (QED) is 0.453. The van der Waals surface area contributed by atoms with Crippen molar-refractivity contribution >= 4 is 27.5 Å². The standard InChI is InChI=1S/C26H37N3O5S/c1-6-20(3)27-26(31)22(7-2)28(18-17-21-13-9-8-10-14-21)25(30)19-29(35(5,32)33)23-15-11-12-16-24(23)34-4/h8-16,20,22H,6-7,17-19H2,1-5H3,(H,27,31)/t20-,22-/m1/s1. The normalized spacial score (nSPS) is 12.9. The van der Waals surface area contributed by atoms with Crippen LogP contribution in [0, 0.1) is 0 Å². The summed E-state index contributed by atoms with van der Waals surface area (Å²) in [4.78, 5) is 28.2. The van der Waals surface area contributed by atoms with Crippen molar-refractivity contribution in [2.75, 3.05) is 30.8 Å². The van der Waals surface area contributed by atoms with E-state index < -0.39 is 28.5 Å². The highest BCUT2D eigenvalue weighted by Gasteiger charge is 2.32. The van der Waals surface area contributed by atoms with E-state index in [-0.39, 0.29) is 24.2 Å². The summed E-state index contributed by atoms with van der Waals surface area (Å²) in [6.07, 6.45) is 2.74. The van der Waals surface area contributed by atoms with Crippen LogP contribution < -0.4 is 14.4 Å². The van der Waals surface area contributed by atoms with Crippen molar-refractivity contribution in [3.8, 4) is 5.75 Å². The number of carbonyl (C=O) groups excluding carboxylic acids is 2. The number of anilines is 1. The molecule has 35 heavy (non-hydrogen) atoms. The van der Waals surface area contributed by atoms with Crippen LogP contribution in [-0.4, -0.2) is 63.7 Å². The average Bonchev–Trinajstić information content (AvgIpc) is 2.84. The highest BCUT2D eigenvalue weighted by atomic mass is 32.2. The van der Waals surface area contributed by atoms with Crippen LogP contribution in [0.3, 0.4) is 0 Å². The van der Waals surface area contributed by atoms with Gasteiger partial charge in [-0.3, -0.25) is 13.9 Å². The maximum atomic E-state index is 13.7. The van der Waals surface area contributed by atoms with Crippen LogP contribution in [0.25, 0.3) is 0 Å². The summed E-state index contributed by atoms with van der Waals surface area (Å²) in [5.41, 5.74) is 1.29. The topological polar surface area (TPSA) is 96.0 Å². The number of carbonyl (C=O) groups is 2. The van der Waals surface area contributed by atoms with Gasteiger partial charge in [-0.15, -0.1) is 0 Å². The Hall–Kier alpha value is -3.07. The maximum absolute atomic E-state index is 13.7. The van der Waals surface area contributed by atoms with Gasteiger partial charge < -0.3 is 15.0 Å². The number of hydrogen-bond acceptors (Lipinski definition) is 5. The van der Waals surface area contributed by atoms with Gasteiger partial charge in [0.1, 0.15) is 18.3 Å². The second-order valence-corrected chi connectivity index (χ2v) is 10.4. The van der Waals surface area contributed by atoms with Crippen molar-refractivity contribution < 1.29 is 22.7 Å². The van der Waals surface area contributed by atoms with E-state index in [9.17, 15) is 18.0 Å². The summed E-state index contributed by atoms with van der Waals surface area (Å²) >= 11 is 0. The molecule has 0 aliphatic heterocycles. The van der Waals surface area contributed by atoms with Gasteiger partial charge in [0, 0.05) is 12.6 Å². The number of sulfonamides is 1. The fraction of sp³-hybridized carbons (Fsp3) is 0.462. The maximum Gasteiger partial charge on any atom is 0.244 e. The summed E-state index contributed by atoms with van der Waals surface area (Å²) in [6, 6.07) is 15.5. The average molecular weight is 504 g/mol. The largest absolute Gasteiger partial charge is 0.495 e. The third-order valence-corrected chi connectivity index (χ3v) is 7.03. The van der Waals surface area contributed by atoms with Gasteiger partial charge in [0.05, 0.1) is 19.1 Å². The molecule has 0 aliphatic rings. The third kappa shape index (κ3) is 7.99. The highest BCUT2D eigenvalue weighted by molar-refractivity contribution is 7.92. The summed E-state index contributed by atoms with van der Waals surface area (Å²) in [5.74, 6) is -0.363. The Bertz CT molecular complexity index is 1080. The van der Waals surface area contributed by atoms with Crippen LogP contribution in [-0.2, 0) is 26.0 Å². The second kappa shape index (κ2) is 13.1. The zero-order valence-corrected chi connectivity index (χ0v) is 22.0. The molecule has 0 saturated heterocycles. The number of rotatable bonds is 13. The molecule has 0 saturated carbocycles. The summed E-state index contributed by atoms with van der Waals surface area (Å²) in [6.45, 7) is 5.56. The van der Waals surface area contributed by atoms with Crippen LogP contribution >= 0.6 is 0 Å². The van der Waals surface area contributed by atoms with E-state index >= 15 is 0 Å². The van der Waals surface area contributed by atoms with E-state index in [1.165, 1.54) is 12.0 Å². The number of hydrogen-bond donors (Lipinski definition) is 1. The Morgan fingerprint density at radius 3 is 2.20 bits per heavy atom. The second-order valence-electron chi connectivity index (χ2n) is 8.51. The first-order chi connectivity index (χ1) is 16.6. The van der Waals surface area contributed by atoms with Gasteiger partial charge in [-0.05, 0) is 43.9 Å². The molecule has 192 valence electrons. The number of nitrogens with zero attached hydrogens (tertiary/aromatic N) is 2. The Kier molecular flexibility index (Phi) is 10.6. The molecule has 8 nitrogen and oxygen atoms in total. The lowest BCUT2D eigenvalue weighted by Crippen LogP contribution is -2.54. The van der Waals surface area contributed by atoms with Crippen LogP contribution in [0.2, 0.25) is 0 Å². The molecule has 0 fully saturated rings. The van der Waals surface area contributed by atoms with Crippen molar-refractivity contribution in [2.24, 2.45) is 0 Å². The monoisotopic (exact) mass is 503 g/mol. The van der Waals surface area contributed by atoms with Gasteiger partial charge in [0.15, 0.2) is 0 Å². The lowest BCUT2D eigenvalue weighted by atomic mass is 10.1. The minimum atomic E-state index is -3.82. The summed E-state index contributed by atoms with van der Waals surface area (Å²) < 4.78 is 31.8. The molecule has 2 rings (SSSR count). The van der Waals surface area contributed by atoms with Gasteiger partial charge >= 0.3 is 0 Å². The number of benzene rings is 2. The van der Waals surface area contributed by atoms with Gasteiger partial charge in [-0.1, -0.05) is 56.3 Å². The lowest BCUT2D eigenvalue weighted by molar-refractivity contribution is -0.139. The van der Waals surface area contributed by atoms with Gasteiger partial charge in [0.25, 0.3) is 0 Å². The van der Waals surface area contributed by atoms with E-state index in [2.05, 4.69) is 5.32 Å². The van der Waals surface area contributed by atoms with E-state index in [1.54, 1.807) is 24.3 Å². The molecule has 2 aromatic rings. The third-order valence-electron chi connectivity index (χ3n) is 5.90. The van der Waals surface area contributed by atoms with Gasteiger partial charge in [0.2, 0.25) is 21.8 Å². The highest BCUT2D eigenvalue weighted by Crippen LogP contribution is 2.29. The Labute approximate surface area is 209 Å². The van der Waals surface area contributed by atoms with Crippen LogP contribution in [0.15, 0.2) is 54.6 Å². The molecule has 0 bridgehead atoms. The number of nitrogens with one attached hydrogen (secondary N) is 1. The van der Waals surface area contributed by atoms with E-state index in [1.807, 2.05) is 51.1 Å². The van der Waals surface area contributed by atoms with Crippen molar-refractivity contribution in [3.05, 3.63) is 60.2 Å². The zero-order valence-electron chi connectivity index (χ0n) is 21.2. The first-order valence-electron chi connectivity index (χ1n) is 11.9. The predicted molar refractivity (Wildman–Crippen MR) is 139 cm³/mol.